The zero-order valence-electron chi connectivity index (χ0n) is 10.1. The molecule has 0 aliphatic carbocycles. The van der Waals surface area contributed by atoms with Crippen molar-refractivity contribution < 1.29 is 9.90 Å². The van der Waals surface area contributed by atoms with Gasteiger partial charge in [0.2, 0.25) is 0 Å². The minimum Gasteiger partial charge on any atom is -0.478 e. The molecule has 0 unspecified atom stereocenters. The summed E-state index contributed by atoms with van der Waals surface area (Å²) in [7, 11) is 0. The Morgan fingerprint density at radius 3 is 2.50 bits per heavy atom. The zero-order valence-corrected chi connectivity index (χ0v) is 10.1. The molecule has 1 rings (SSSR count). The fraction of sp³-hybridized carbons (Fsp3) is 0.462. The molecule has 0 saturated heterocycles. The lowest BCUT2D eigenvalue weighted by molar-refractivity contribution is 0.0696. The Labute approximate surface area is 96.5 Å². The van der Waals surface area contributed by atoms with Gasteiger partial charge < -0.3 is 10.4 Å². The van der Waals surface area contributed by atoms with Crippen molar-refractivity contribution in [2.24, 2.45) is 0 Å². The first-order valence-corrected chi connectivity index (χ1v) is 5.69. The van der Waals surface area contributed by atoms with Gasteiger partial charge in [0.1, 0.15) is 0 Å². The van der Waals surface area contributed by atoms with Crippen LogP contribution in [-0.4, -0.2) is 17.1 Å². The third-order valence-corrected chi connectivity index (χ3v) is 2.91. The molecule has 88 valence electrons. The van der Waals surface area contributed by atoms with Crippen LogP contribution in [0.5, 0.6) is 0 Å². The first-order valence-electron chi connectivity index (χ1n) is 5.69. The number of hydrogen-bond acceptors (Lipinski definition) is 2. The third kappa shape index (κ3) is 2.75. The van der Waals surface area contributed by atoms with Crippen LogP contribution in [0.1, 0.15) is 42.6 Å². The van der Waals surface area contributed by atoms with E-state index in [0.29, 0.717) is 11.6 Å². The van der Waals surface area contributed by atoms with E-state index in [1.807, 2.05) is 13.0 Å². The quantitative estimate of drug-likeness (QED) is 0.802. The number of aromatic carboxylic acids is 1. The SMILES string of the molecule is CCC(CC)Nc1cccc(C(=O)O)c1C. The predicted octanol–water partition coefficient (Wildman–Crippen LogP) is 3.29. The van der Waals surface area contributed by atoms with E-state index in [1.54, 1.807) is 12.1 Å². The number of anilines is 1. The van der Waals surface area contributed by atoms with Gasteiger partial charge in [-0.2, -0.15) is 0 Å². The average molecular weight is 221 g/mol. The smallest absolute Gasteiger partial charge is 0.336 e. The molecule has 0 aliphatic heterocycles. The average Bonchev–Trinajstić information content (AvgIpc) is 2.27. The van der Waals surface area contributed by atoms with Gasteiger partial charge in [0.05, 0.1) is 5.56 Å². The Bertz CT molecular complexity index is 370. The molecule has 0 bridgehead atoms. The summed E-state index contributed by atoms with van der Waals surface area (Å²) in [5.74, 6) is -0.870. The molecule has 16 heavy (non-hydrogen) atoms. The van der Waals surface area contributed by atoms with Crippen LogP contribution >= 0.6 is 0 Å². The van der Waals surface area contributed by atoms with Crippen molar-refractivity contribution >= 4 is 11.7 Å². The van der Waals surface area contributed by atoms with E-state index in [2.05, 4.69) is 19.2 Å². The van der Waals surface area contributed by atoms with E-state index in [-0.39, 0.29) is 0 Å². The van der Waals surface area contributed by atoms with Gasteiger partial charge in [0.25, 0.3) is 0 Å². The second kappa shape index (κ2) is 5.54. The lowest BCUT2D eigenvalue weighted by Gasteiger charge is -2.18. The van der Waals surface area contributed by atoms with E-state index in [9.17, 15) is 4.79 Å². The normalized spacial score (nSPS) is 10.5. The fourth-order valence-corrected chi connectivity index (χ4v) is 1.74. The van der Waals surface area contributed by atoms with Crippen molar-refractivity contribution in [3.8, 4) is 0 Å². The molecule has 1 aromatic carbocycles. The standard InChI is InChI=1S/C13H19NO2/c1-4-10(5-2)14-12-8-6-7-11(9(12)3)13(15)16/h6-8,10,14H,4-5H2,1-3H3,(H,15,16). The molecule has 0 aliphatic rings. The molecule has 3 heteroatoms. The van der Waals surface area contributed by atoms with Crippen molar-refractivity contribution in [3.63, 3.8) is 0 Å². The minimum atomic E-state index is -0.870. The number of nitrogens with one attached hydrogen (secondary N) is 1. The van der Waals surface area contributed by atoms with E-state index >= 15 is 0 Å². The first kappa shape index (κ1) is 12.6. The van der Waals surface area contributed by atoms with Crippen LogP contribution < -0.4 is 5.32 Å². The minimum absolute atomic E-state index is 0.371. The molecule has 0 saturated carbocycles. The van der Waals surface area contributed by atoms with E-state index < -0.39 is 5.97 Å². The second-order valence-electron chi connectivity index (χ2n) is 3.94. The van der Waals surface area contributed by atoms with Gasteiger partial charge in [-0.1, -0.05) is 19.9 Å². The van der Waals surface area contributed by atoms with Crippen LogP contribution in [0.3, 0.4) is 0 Å². The number of benzene rings is 1. The number of carboxylic acid groups (broad SMARTS) is 1. The molecule has 0 amide bonds. The van der Waals surface area contributed by atoms with Crippen LogP contribution in [0.2, 0.25) is 0 Å². The van der Waals surface area contributed by atoms with Crippen molar-refractivity contribution in [1.82, 2.24) is 0 Å². The van der Waals surface area contributed by atoms with Gasteiger partial charge in [0.15, 0.2) is 0 Å². The lowest BCUT2D eigenvalue weighted by Crippen LogP contribution is -2.18. The van der Waals surface area contributed by atoms with Crippen LogP contribution in [0, 0.1) is 6.92 Å². The van der Waals surface area contributed by atoms with E-state index in [0.717, 1.165) is 24.1 Å². The zero-order chi connectivity index (χ0) is 12.1. The summed E-state index contributed by atoms with van der Waals surface area (Å²) in [6.45, 7) is 6.09. The van der Waals surface area contributed by atoms with Gasteiger partial charge in [-0.15, -0.1) is 0 Å². The fourth-order valence-electron chi connectivity index (χ4n) is 1.74. The van der Waals surface area contributed by atoms with Crippen molar-refractivity contribution in [2.45, 2.75) is 39.7 Å². The summed E-state index contributed by atoms with van der Waals surface area (Å²) in [5, 5.41) is 12.4. The second-order valence-corrected chi connectivity index (χ2v) is 3.94. The number of carbonyl (C=O) groups is 1. The molecular weight excluding hydrogens is 202 g/mol. The molecule has 0 atom stereocenters. The Balaban J connectivity index is 2.97. The number of hydrogen-bond donors (Lipinski definition) is 2. The van der Waals surface area contributed by atoms with Crippen molar-refractivity contribution in [3.05, 3.63) is 29.3 Å². The first-order chi connectivity index (χ1) is 7.60. The Morgan fingerprint density at radius 1 is 1.38 bits per heavy atom. The predicted molar refractivity (Wildman–Crippen MR) is 66.1 cm³/mol. The van der Waals surface area contributed by atoms with Crippen LogP contribution in [0.4, 0.5) is 5.69 Å². The largest absolute Gasteiger partial charge is 0.478 e. The van der Waals surface area contributed by atoms with Gasteiger partial charge >= 0.3 is 5.97 Å². The maximum absolute atomic E-state index is 11.0. The van der Waals surface area contributed by atoms with Crippen LogP contribution in [0.25, 0.3) is 0 Å². The molecule has 3 nitrogen and oxygen atoms in total. The molecule has 0 aromatic heterocycles. The van der Waals surface area contributed by atoms with Crippen molar-refractivity contribution in [1.29, 1.82) is 0 Å². The molecule has 2 N–H and O–H groups in total. The molecule has 0 spiro atoms. The number of rotatable bonds is 5. The highest BCUT2D eigenvalue weighted by Gasteiger charge is 2.11. The lowest BCUT2D eigenvalue weighted by atomic mass is 10.1. The molecule has 1 aromatic rings. The third-order valence-electron chi connectivity index (χ3n) is 2.91. The van der Waals surface area contributed by atoms with Gasteiger partial charge in [0, 0.05) is 11.7 Å². The summed E-state index contributed by atoms with van der Waals surface area (Å²) in [6.07, 6.45) is 2.07. The molecule has 0 heterocycles. The summed E-state index contributed by atoms with van der Waals surface area (Å²) >= 11 is 0. The molecular formula is C13H19NO2. The highest BCUT2D eigenvalue weighted by molar-refractivity contribution is 5.91. The summed E-state index contributed by atoms with van der Waals surface area (Å²) in [4.78, 5) is 11.0. The van der Waals surface area contributed by atoms with E-state index in [1.165, 1.54) is 0 Å². The summed E-state index contributed by atoms with van der Waals surface area (Å²) < 4.78 is 0. The summed E-state index contributed by atoms with van der Waals surface area (Å²) in [5.41, 5.74) is 2.10. The number of carboxylic acids is 1. The Kier molecular flexibility index (Phi) is 4.35. The molecule has 0 radical (unpaired) electrons. The maximum Gasteiger partial charge on any atom is 0.336 e. The Morgan fingerprint density at radius 2 is 2.00 bits per heavy atom. The van der Waals surface area contributed by atoms with Crippen LogP contribution in [0.15, 0.2) is 18.2 Å². The van der Waals surface area contributed by atoms with Gasteiger partial charge in [-0.3, -0.25) is 0 Å². The summed E-state index contributed by atoms with van der Waals surface area (Å²) in [6, 6.07) is 5.75. The van der Waals surface area contributed by atoms with Gasteiger partial charge in [-0.05, 0) is 37.5 Å². The van der Waals surface area contributed by atoms with Crippen LogP contribution in [-0.2, 0) is 0 Å². The topological polar surface area (TPSA) is 49.3 Å². The Hall–Kier alpha value is -1.51. The van der Waals surface area contributed by atoms with Crippen molar-refractivity contribution in [2.75, 3.05) is 5.32 Å². The molecule has 0 fully saturated rings. The highest BCUT2D eigenvalue weighted by Crippen LogP contribution is 2.20. The van der Waals surface area contributed by atoms with Gasteiger partial charge in [-0.25, -0.2) is 4.79 Å². The monoisotopic (exact) mass is 221 g/mol. The highest BCUT2D eigenvalue weighted by atomic mass is 16.4. The maximum atomic E-state index is 11.0. The van der Waals surface area contributed by atoms with E-state index in [4.69, 9.17) is 5.11 Å².